The molecule has 13 heavy (non-hydrogen) atoms. The van der Waals surface area contributed by atoms with Crippen LogP contribution in [0.1, 0.15) is 20.3 Å². The van der Waals surface area contributed by atoms with Crippen LogP contribution in [0.3, 0.4) is 0 Å². The Morgan fingerprint density at radius 2 is 2.15 bits per heavy atom. The molecule has 0 radical (unpaired) electrons. The molecule has 0 aliphatic carbocycles. The molecule has 1 N–H and O–H groups in total. The Kier molecular flexibility index (Phi) is 5.35. The number of nitrogens with one attached hydrogen (secondary N) is 1. The third-order valence-corrected chi connectivity index (χ3v) is 2.14. The fourth-order valence-electron chi connectivity index (χ4n) is 1.12. The molecule has 0 spiro atoms. The highest BCUT2D eigenvalue weighted by molar-refractivity contribution is 4.64. The molecule has 1 aliphatic heterocycles. The fraction of sp³-hybridized carbons (Fsp3) is 1.00. The maximum Gasteiger partial charge on any atom is 0.104 e. The highest BCUT2D eigenvalue weighted by Gasteiger charge is 2.17. The van der Waals surface area contributed by atoms with Crippen molar-refractivity contribution in [3.8, 4) is 0 Å². The van der Waals surface area contributed by atoms with E-state index in [4.69, 9.17) is 9.47 Å². The lowest BCUT2D eigenvalue weighted by Gasteiger charge is -2.25. The molecule has 0 bridgehead atoms. The van der Waals surface area contributed by atoms with Crippen molar-refractivity contribution in [1.29, 1.82) is 0 Å². The summed E-state index contributed by atoms with van der Waals surface area (Å²) in [5.41, 5.74) is 0. The minimum Gasteiger partial charge on any atom is -0.376 e. The van der Waals surface area contributed by atoms with Gasteiger partial charge in [-0.15, -0.1) is 0 Å². The molecule has 0 aromatic rings. The molecule has 1 fully saturated rings. The minimum absolute atomic E-state index is 0.367. The van der Waals surface area contributed by atoms with E-state index in [0.717, 1.165) is 38.8 Å². The summed E-state index contributed by atoms with van der Waals surface area (Å²) in [7, 11) is 0. The van der Waals surface area contributed by atoms with Gasteiger partial charge in [0.05, 0.1) is 19.8 Å². The Morgan fingerprint density at radius 3 is 2.69 bits per heavy atom. The molecule has 78 valence electrons. The van der Waals surface area contributed by atoms with Crippen LogP contribution in [-0.2, 0) is 9.47 Å². The van der Waals surface area contributed by atoms with Gasteiger partial charge in [0.15, 0.2) is 0 Å². The van der Waals surface area contributed by atoms with Gasteiger partial charge in [0.2, 0.25) is 0 Å². The summed E-state index contributed by atoms with van der Waals surface area (Å²) in [5.74, 6) is 0.786. The molecule has 3 nitrogen and oxygen atoms in total. The van der Waals surface area contributed by atoms with Crippen LogP contribution in [0.2, 0.25) is 0 Å². The van der Waals surface area contributed by atoms with Gasteiger partial charge in [0.25, 0.3) is 0 Å². The molecule has 1 heterocycles. The first-order chi connectivity index (χ1) is 6.29. The second-order valence-electron chi connectivity index (χ2n) is 3.96. The fourth-order valence-corrected chi connectivity index (χ4v) is 1.12. The van der Waals surface area contributed by atoms with Gasteiger partial charge >= 0.3 is 0 Å². The van der Waals surface area contributed by atoms with Gasteiger partial charge in [-0.05, 0) is 18.9 Å². The van der Waals surface area contributed by atoms with E-state index < -0.39 is 0 Å². The van der Waals surface area contributed by atoms with Gasteiger partial charge in [-0.1, -0.05) is 13.8 Å². The van der Waals surface area contributed by atoms with Crippen molar-refractivity contribution >= 4 is 0 Å². The van der Waals surface area contributed by atoms with Gasteiger partial charge in [-0.25, -0.2) is 0 Å². The Hall–Kier alpha value is -0.120. The van der Waals surface area contributed by atoms with Crippen LogP contribution in [0.4, 0.5) is 0 Å². The average molecular weight is 187 g/mol. The zero-order valence-electron chi connectivity index (χ0n) is 8.71. The molecule has 0 saturated carbocycles. The average Bonchev–Trinajstić information content (AvgIpc) is 1.99. The first-order valence-corrected chi connectivity index (χ1v) is 5.19. The molecule has 1 saturated heterocycles. The molecular formula is C10H21NO2. The maximum atomic E-state index is 5.50. The quantitative estimate of drug-likeness (QED) is 0.604. The smallest absolute Gasteiger partial charge is 0.104 e. The van der Waals surface area contributed by atoms with Gasteiger partial charge in [-0.2, -0.15) is 0 Å². The highest BCUT2D eigenvalue weighted by Crippen LogP contribution is 2.04. The van der Waals surface area contributed by atoms with Gasteiger partial charge in [0.1, 0.15) is 6.10 Å². The lowest BCUT2D eigenvalue weighted by Crippen LogP contribution is -2.37. The SMILES string of the molecule is CC(C)CCNCCOC1COC1. The van der Waals surface area contributed by atoms with Crippen molar-refractivity contribution in [2.24, 2.45) is 5.92 Å². The van der Waals surface area contributed by atoms with E-state index in [-0.39, 0.29) is 0 Å². The van der Waals surface area contributed by atoms with Crippen molar-refractivity contribution in [1.82, 2.24) is 5.32 Å². The van der Waals surface area contributed by atoms with Crippen LogP contribution in [-0.4, -0.2) is 39.0 Å². The van der Waals surface area contributed by atoms with E-state index >= 15 is 0 Å². The molecule has 0 atom stereocenters. The summed E-state index contributed by atoms with van der Waals surface area (Å²) in [4.78, 5) is 0. The van der Waals surface area contributed by atoms with Crippen molar-refractivity contribution in [2.75, 3.05) is 32.9 Å². The van der Waals surface area contributed by atoms with Crippen molar-refractivity contribution in [3.05, 3.63) is 0 Å². The third-order valence-electron chi connectivity index (χ3n) is 2.14. The maximum absolute atomic E-state index is 5.50. The summed E-state index contributed by atoms with van der Waals surface area (Å²) in [6.07, 6.45) is 1.61. The molecular weight excluding hydrogens is 166 g/mol. The second kappa shape index (κ2) is 6.35. The van der Waals surface area contributed by atoms with Crippen LogP contribution >= 0.6 is 0 Å². The number of rotatable bonds is 7. The summed E-state index contributed by atoms with van der Waals surface area (Å²) < 4.78 is 10.5. The van der Waals surface area contributed by atoms with E-state index in [1.54, 1.807) is 0 Å². The first-order valence-electron chi connectivity index (χ1n) is 5.19. The van der Waals surface area contributed by atoms with E-state index in [9.17, 15) is 0 Å². The van der Waals surface area contributed by atoms with Crippen molar-refractivity contribution in [3.63, 3.8) is 0 Å². The van der Waals surface area contributed by atoms with Crippen LogP contribution in [0, 0.1) is 5.92 Å². The lowest BCUT2D eigenvalue weighted by atomic mass is 10.1. The number of ether oxygens (including phenoxy) is 2. The molecule has 0 aromatic carbocycles. The Morgan fingerprint density at radius 1 is 1.38 bits per heavy atom. The normalized spacial score (nSPS) is 17.8. The third kappa shape index (κ3) is 5.24. The Labute approximate surface area is 80.8 Å². The van der Waals surface area contributed by atoms with E-state index in [0.29, 0.717) is 6.10 Å². The van der Waals surface area contributed by atoms with Crippen LogP contribution in [0.5, 0.6) is 0 Å². The molecule has 1 aliphatic rings. The molecule has 0 amide bonds. The Bertz CT molecular complexity index is 124. The minimum atomic E-state index is 0.367. The van der Waals surface area contributed by atoms with E-state index in [1.807, 2.05) is 0 Å². The predicted octanol–water partition coefficient (Wildman–Crippen LogP) is 1.04. The second-order valence-corrected chi connectivity index (χ2v) is 3.96. The van der Waals surface area contributed by atoms with Crippen molar-refractivity contribution < 1.29 is 9.47 Å². The van der Waals surface area contributed by atoms with Gasteiger partial charge in [0, 0.05) is 6.54 Å². The predicted molar refractivity (Wildman–Crippen MR) is 52.9 cm³/mol. The highest BCUT2D eigenvalue weighted by atomic mass is 16.6. The summed E-state index contributed by atoms with van der Waals surface area (Å²) >= 11 is 0. The topological polar surface area (TPSA) is 30.5 Å². The summed E-state index contributed by atoms with van der Waals surface area (Å²) in [6, 6.07) is 0. The largest absolute Gasteiger partial charge is 0.376 e. The first kappa shape index (κ1) is 11.0. The zero-order valence-corrected chi connectivity index (χ0v) is 8.71. The van der Waals surface area contributed by atoms with E-state index in [2.05, 4.69) is 19.2 Å². The molecule has 0 aromatic heterocycles. The van der Waals surface area contributed by atoms with E-state index in [1.165, 1.54) is 6.42 Å². The van der Waals surface area contributed by atoms with Crippen LogP contribution < -0.4 is 5.32 Å². The van der Waals surface area contributed by atoms with Crippen LogP contribution in [0.25, 0.3) is 0 Å². The van der Waals surface area contributed by atoms with Crippen molar-refractivity contribution in [2.45, 2.75) is 26.4 Å². The lowest BCUT2D eigenvalue weighted by molar-refractivity contribution is -0.128. The zero-order chi connectivity index (χ0) is 9.52. The Balaban J connectivity index is 1.73. The van der Waals surface area contributed by atoms with Gasteiger partial charge < -0.3 is 14.8 Å². The number of hydrogen-bond donors (Lipinski definition) is 1. The monoisotopic (exact) mass is 187 g/mol. The number of hydrogen-bond acceptors (Lipinski definition) is 3. The standard InChI is InChI=1S/C10H21NO2/c1-9(2)3-4-11-5-6-13-10-7-12-8-10/h9-11H,3-8H2,1-2H3. The summed E-state index contributed by atoms with van der Waals surface area (Å²) in [5, 5.41) is 3.35. The molecule has 1 rings (SSSR count). The molecule has 0 unspecified atom stereocenters. The summed E-state index contributed by atoms with van der Waals surface area (Å²) in [6.45, 7) is 8.92. The van der Waals surface area contributed by atoms with Gasteiger partial charge in [-0.3, -0.25) is 0 Å². The molecule has 3 heteroatoms. The van der Waals surface area contributed by atoms with Crippen LogP contribution in [0.15, 0.2) is 0 Å².